The first-order valence-electron chi connectivity index (χ1n) is 8.71. The van der Waals surface area contributed by atoms with E-state index in [-0.39, 0.29) is 5.91 Å². The minimum absolute atomic E-state index is 0.195. The van der Waals surface area contributed by atoms with E-state index in [0.717, 1.165) is 11.1 Å². The first-order chi connectivity index (χ1) is 13.8. The Balaban J connectivity index is 1.34. The van der Waals surface area contributed by atoms with Crippen molar-refractivity contribution in [3.05, 3.63) is 90.3 Å². The molecule has 4 rings (SSSR count). The third-order valence-electron chi connectivity index (χ3n) is 4.03. The Hall–Kier alpha value is -4.00. The molecule has 0 saturated carbocycles. The van der Waals surface area contributed by atoms with Crippen LogP contribution in [0.15, 0.2) is 83.6 Å². The molecule has 1 amide bonds. The van der Waals surface area contributed by atoms with Gasteiger partial charge in [-0.3, -0.25) is 9.78 Å². The summed E-state index contributed by atoms with van der Waals surface area (Å²) in [5, 5.41) is 9.91. The van der Waals surface area contributed by atoms with Gasteiger partial charge in [0, 0.05) is 30.2 Å². The van der Waals surface area contributed by atoms with Gasteiger partial charge in [-0.15, -0.1) is 0 Å². The number of nitrogens with one attached hydrogen (secondary N) is 2. The first-order valence-corrected chi connectivity index (χ1v) is 8.71. The normalized spacial score (nSPS) is 10.4. The second kappa shape index (κ2) is 8.13. The zero-order valence-corrected chi connectivity index (χ0v) is 14.9. The minimum Gasteiger partial charge on any atom is -0.347 e. The van der Waals surface area contributed by atoms with Crippen LogP contribution in [-0.2, 0) is 6.54 Å². The first kappa shape index (κ1) is 17.4. The van der Waals surface area contributed by atoms with Gasteiger partial charge in [0.05, 0.1) is 5.56 Å². The van der Waals surface area contributed by atoms with Crippen LogP contribution in [-0.4, -0.2) is 21.0 Å². The van der Waals surface area contributed by atoms with Crippen molar-refractivity contribution < 1.29 is 9.32 Å². The van der Waals surface area contributed by atoms with Crippen LogP contribution in [0.3, 0.4) is 0 Å². The molecule has 0 fully saturated rings. The minimum atomic E-state index is -0.195. The zero-order valence-electron chi connectivity index (χ0n) is 14.9. The molecular weight excluding hydrogens is 354 g/mol. The predicted octanol–water partition coefficient (Wildman–Crippen LogP) is 4.00. The largest absolute Gasteiger partial charge is 0.347 e. The van der Waals surface area contributed by atoms with Crippen molar-refractivity contribution in [1.82, 2.24) is 15.1 Å². The van der Waals surface area contributed by atoms with E-state index in [4.69, 9.17) is 4.52 Å². The summed E-state index contributed by atoms with van der Waals surface area (Å²) in [5.74, 6) is 0.698. The summed E-state index contributed by atoms with van der Waals surface area (Å²) in [7, 11) is 0. The Morgan fingerprint density at radius 3 is 2.54 bits per heavy atom. The Morgan fingerprint density at radius 1 is 0.964 bits per heavy atom. The molecule has 0 aliphatic heterocycles. The lowest BCUT2D eigenvalue weighted by Crippen LogP contribution is -2.12. The highest BCUT2D eigenvalue weighted by molar-refractivity contribution is 6.03. The number of anilines is 2. The number of benzene rings is 2. The molecule has 2 heterocycles. The summed E-state index contributed by atoms with van der Waals surface area (Å²) in [6.45, 7) is 0.532. The molecule has 138 valence electrons. The number of pyridine rings is 1. The summed E-state index contributed by atoms with van der Waals surface area (Å²) in [6.07, 6.45) is 3.16. The highest BCUT2D eigenvalue weighted by atomic mass is 16.5. The quantitative estimate of drug-likeness (QED) is 0.532. The van der Waals surface area contributed by atoms with Gasteiger partial charge in [0.15, 0.2) is 0 Å². The molecule has 0 bridgehead atoms. The van der Waals surface area contributed by atoms with E-state index >= 15 is 0 Å². The van der Waals surface area contributed by atoms with Gasteiger partial charge in [-0.05, 0) is 47.1 Å². The third-order valence-corrected chi connectivity index (χ3v) is 4.03. The van der Waals surface area contributed by atoms with Gasteiger partial charge >= 0.3 is 0 Å². The van der Waals surface area contributed by atoms with Crippen LogP contribution < -0.4 is 10.6 Å². The number of rotatable bonds is 6. The van der Waals surface area contributed by atoms with Crippen LogP contribution >= 0.6 is 0 Å². The third kappa shape index (κ3) is 4.21. The van der Waals surface area contributed by atoms with E-state index < -0.39 is 0 Å². The van der Waals surface area contributed by atoms with Crippen LogP contribution in [0, 0.1) is 0 Å². The van der Waals surface area contributed by atoms with E-state index in [1.54, 1.807) is 18.3 Å². The van der Waals surface area contributed by atoms with Crippen molar-refractivity contribution in [3.8, 4) is 11.5 Å². The maximum Gasteiger partial charge on any atom is 0.264 e. The fraction of sp³-hybridized carbons (Fsp3) is 0.0476. The average Bonchev–Trinajstić information content (AvgIpc) is 3.24. The molecule has 2 N–H and O–H groups in total. The van der Waals surface area contributed by atoms with Crippen molar-refractivity contribution in [1.29, 1.82) is 0 Å². The highest BCUT2D eigenvalue weighted by Crippen LogP contribution is 2.18. The number of carbonyl (C=O) groups excluding carboxylic acids is 1. The SMILES string of the molecule is O=C(Nc1ccc(CNc2noc(-c3ccccc3)n2)cc1)c1cccnc1. The molecule has 2 aromatic carbocycles. The maximum atomic E-state index is 12.1. The molecule has 0 saturated heterocycles. The Bertz CT molecular complexity index is 1050. The van der Waals surface area contributed by atoms with Crippen molar-refractivity contribution in [3.63, 3.8) is 0 Å². The standard InChI is InChI=1S/C21H17N5O2/c27-19(17-7-4-12-22-14-17)24-18-10-8-15(9-11-18)13-23-21-25-20(28-26-21)16-5-2-1-3-6-16/h1-12,14H,13H2,(H,23,26)(H,24,27). The lowest BCUT2D eigenvalue weighted by atomic mass is 10.2. The van der Waals surface area contributed by atoms with Gasteiger partial charge in [0.25, 0.3) is 17.7 Å². The topological polar surface area (TPSA) is 92.9 Å². The van der Waals surface area contributed by atoms with Crippen molar-refractivity contribution in [2.45, 2.75) is 6.54 Å². The molecule has 0 radical (unpaired) electrons. The fourth-order valence-corrected chi connectivity index (χ4v) is 2.58. The molecular formula is C21H17N5O2. The molecule has 0 unspecified atom stereocenters. The number of nitrogens with zero attached hydrogens (tertiary/aromatic N) is 3. The molecule has 28 heavy (non-hydrogen) atoms. The van der Waals surface area contributed by atoms with Crippen molar-refractivity contribution in [2.24, 2.45) is 0 Å². The summed E-state index contributed by atoms with van der Waals surface area (Å²) in [6, 6.07) is 20.6. The molecule has 4 aromatic rings. The predicted molar refractivity (Wildman–Crippen MR) is 106 cm³/mol. The van der Waals surface area contributed by atoms with Gasteiger partial charge in [0.2, 0.25) is 0 Å². The Labute approximate surface area is 161 Å². The smallest absolute Gasteiger partial charge is 0.264 e. The van der Waals surface area contributed by atoms with Crippen LogP contribution in [0.25, 0.3) is 11.5 Å². The number of amides is 1. The molecule has 7 heteroatoms. The number of carbonyl (C=O) groups is 1. The second-order valence-electron chi connectivity index (χ2n) is 6.04. The zero-order chi connectivity index (χ0) is 19.2. The summed E-state index contributed by atoms with van der Waals surface area (Å²) < 4.78 is 5.27. The van der Waals surface area contributed by atoms with Crippen LogP contribution in [0.5, 0.6) is 0 Å². The summed E-state index contributed by atoms with van der Waals surface area (Å²) >= 11 is 0. The van der Waals surface area contributed by atoms with E-state index in [9.17, 15) is 4.79 Å². The highest BCUT2D eigenvalue weighted by Gasteiger charge is 2.08. The number of hydrogen-bond donors (Lipinski definition) is 2. The summed E-state index contributed by atoms with van der Waals surface area (Å²) in [5.41, 5.74) is 3.12. The van der Waals surface area contributed by atoms with Crippen LogP contribution in [0.2, 0.25) is 0 Å². The Morgan fingerprint density at radius 2 is 1.79 bits per heavy atom. The van der Waals surface area contributed by atoms with E-state index in [0.29, 0.717) is 29.6 Å². The fourth-order valence-electron chi connectivity index (χ4n) is 2.58. The van der Waals surface area contributed by atoms with E-state index in [2.05, 4.69) is 25.8 Å². The number of hydrogen-bond acceptors (Lipinski definition) is 6. The lowest BCUT2D eigenvalue weighted by Gasteiger charge is -2.06. The van der Waals surface area contributed by atoms with E-state index in [1.165, 1.54) is 6.20 Å². The van der Waals surface area contributed by atoms with Gasteiger partial charge in [-0.2, -0.15) is 4.98 Å². The van der Waals surface area contributed by atoms with Crippen LogP contribution in [0.1, 0.15) is 15.9 Å². The van der Waals surface area contributed by atoms with Crippen molar-refractivity contribution in [2.75, 3.05) is 10.6 Å². The van der Waals surface area contributed by atoms with Crippen molar-refractivity contribution >= 4 is 17.5 Å². The molecule has 0 aliphatic rings. The number of aromatic nitrogens is 3. The average molecular weight is 371 g/mol. The molecule has 7 nitrogen and oxygen atoms in total. The lowest BCUT2D eigenvalue weighted by molar-refractivity contribution is 0.102. The molecule has 2 aromatic heterocycles. The van der Waals surface area contributed by atoms with E-state index in [1.807, 2.05) is 54.6 Å². The van der Waals surface area contributed by atoms with Crippen LogP contribution in [0.4, 0.5) is 11.6 Å². The second-order valence-corrected chi connectivity index (χ2v) is 6.04. The van der Waals surface area contributed by atoms with Gasteiger partial charge in [-0.1, -0.05) is 30.3 Å². The molecule has 0 spiro atoms. The molecule has 0 aliphatic carbocycles. The summed E-state index contributed by atoms with van der Waals surface area (Å²) in [4.78, 5) is 20.4. The monoisotopic (exact) mass is 371 g/mol. The molecule has 0 atom stereocenters. The van der Waals surface area contributed by atoms with Gasteiger partial charge < -0.3 is 15.2 Å². The maximum absolute atomic E-state index is 12.1. The van der Waals surface area contributed by atoms with Gasteiger partial charge in [0.1, 0.15) is 0 Å². The van der Waals surface area contributed by atoms with Gasteiger partial charge in [-0.25, -0.2) is 0 Å². The Kier molecular flexibility index (Phi) is 5.06.